The molecule has 1 aliphatic rings. The molecule has 0 unspecified atom stereocenters. The molecule has 1 saturated heterocycles. The summed E-state index contributed by atoms with van der Waals surface area (Å²) in [6.07, 6.45) is 0. The Kier molecular flexibility index (Phi) is 2.97. The Morgan fingerprint density at radius 3 is 1.39 bits per heavy atom. The molecule has 0 amide bonds. The zero-order valence-electron chi connectivity index (χ0n) is 12.4. The van der Waals surface area contributed by atoms with Gasteiger partial charge < -0.3 is 0 Å². The summed E-state index contributed by atoms with van der Waals surface area (Å²) in [7, 11) is 3.94. The first-order valence-corrected chi connectivity index (χ1v) is 9.87. The molecule has 0 N–H and O–H groups in total. The Morgan fingerprint density at radius 2 is 0.913 bits per heavy atom. The van der Waals surface area contributed by atoms with E-state index in [1.54, 1.807) is 0 Å². The number of rotatable bonds is 2. The summed E-state index contributed by atoms with van der Waals surface area (Å²) in [5.74, 6) is 0. The number of hydrogen-bond acceptors (Lipinski definition) is 2. The summed E-state index contributed by atoms with van der Waals surface area (Å²) in [6, 6.07) is 30.8. The molecule has 2 heteroatoms. The van der Waals surface area contributed by atoms with Crippen molar-refractivity contribution in [3.8, 4) is 0 Å². The molecule has 1 aliphatic heterocycles. The molecule has 4 aromatic rings. The minimum atomic E-state index is 0.0295. The predicted molar refractivity (Wildman–Crippen MR) is 104 cm³/mol. The molecule has 0 saturated carbocycles. The maximum Gasteiger partial charge on any atom is 0.133 e. The van der Waals surface area contributed by atoms with E-state index in [0.29, 0.717) is 0 Å². The van der Waals surface area contributed by atoms with Crippen molar-refractivity contribution < 1.29 is 0 Å². The Balaban J connectivity index is 1.81. The van der Waals surface area contributed by atoms with E-state index in [-0.39, 0.29) is 4.08 Å². The van der Waals surface area contributed by atoms with Gasteiger partial charge in [-0.05, 0) is 32.7 Å². The van der Waals surface area contributed by atoms with Gasteiger partial charge in [0.2, 0.25) is 0 Å². The van der Waals surface area contributed by atoms with Crippen LogP contribution in [0.15, 0.2) is 84.9 Å². The van der Waals surface area contributed by atoms with Crippen LogP contribution in [0.5, 0.6) is 0 Å². The van der Waals surface area contributed by atoms with Crippen molar-refractivity contribution in [2.24, 2.45) is 0 Å². The van der Waals surface area contributed by atoms with Gasteiger partial charge >= 0.3 is 0 Å². The van der Waals surface area contributed by atoms with Gasteiger partial charge in [-0.3, -0.25) is 0 Å². The molecule has 0 bridgehead atoms. The van der Waals surface area contributed by atoms with Gasteiger partial charge in [-0.25, -0.2) is 0 Å². The Labute approximate surface area is 143 Å². The number of hydrogen-bond donors (Lipinski definition) is 0. The topological polar surface area (TPSA) is 0 Å². The average Bonchev–Trinajstić information content (AvgIpc) is 3.42. The van der Waals surface area contributed by atoms with Crippen molar-refractivity contribution >= 4 is 43.1 Å². The highest BCUT2D eigenvalue weighted by atomic mass is 33.2. The van der Waals surface area contributed by atoms with Crippen LogP contribution >= 0.6 is 21.6 Å². The van der Waals surface area contributed by atoms with Crippen molar-refractivity contribution in [1.82, 2.24) is 0 Å². The van der Waals surface area contributed by atoms with Crippen molar-refractivity contribution in [1.29, 1.82) is 0 Å². The van der Waals surface area contributed by atoms with Crippen molar-refractivity contribution in [2.45, 2.75) is 4.08 Å². The minimum absolute atomic E-state index is 0.0295. The number of fused-ring (bicyclic) bond motifs is 2. The van der Waals surface area contributed by atoms with Gasteiger partial charge in [0.15, 0.2) is 0 Å². The molecule has 0 spiro atoms. The molecule has 0 atom stereocenters. The van der Waals surface area contributed by atoms with Gasteiger partial charge in [0, 0.05) is 0 Å². The Hall–Kier alpha value is -1.90. The van der Waals surface area contributed by atoms with Crippen molar-refractivity contribution in [3.05, 3.63) is 96.1 Å². The minimum Gasteiger partial charge on any atom is -0.0632 e. The zero-order chi connectivity index (χ0) is 15.3. The molecule has 0 nitrogen and oxygen atoms in total. The Bertz CT molecular complexity index is 940. The average molecular weight is 330 g/mol. The summed E-state index contributed by atoms with van der Waals surface area (Å²) in [5.41, 5.74) is 2.84. The third-order valence-electron chi connectivity index (χ3n) is 4.54. The molecule has 0 radical (unpaired) electrons. The van der Waals surface area contributed by atoms with Crippen LogP contribution in [-0.2, 0) is 4.08 Å². The summed E-state index contributed by atoms with van der Waals surface area (Å²) >= 11 is 0. The van der Waals surface area contributed by atoms with Gasteiger partial charge in [0.25, 0.3) is 0 Å². The van der Waals surface area contributed by atoms with E-state index in [1.807, 2.05) is 21.6 Å². The molecule has 23 heavy (non-hydrogen) atoms. The fraction of sp³-hybridized carbons (Fsp3) is 0.0476. The molecule has 5 rings (SSSR count). The molecular formula is C21H14S2. The van der Waals surface area contributed by atoms with E-state index < -0.39 is 0 Å². The smallest absolute Gasteiger partial charge is 0.0632 e. The van der Waals surface area contributed by atoms with Crippen LogP contribution in [0, 0.1) is 0 Å². The van der Waals surface area contributed by atoms with E-state index in [0.717, 1.165) is 0 Å². The van der Waals surface area contributed by atoms with Crippen LogP contribution < -0.4 is 0 Å². The van der Waals surface area contributed by atoms with Crippen LogP contribution in [0.3, 0.4) is 0 Å². The van der Waals surface area contributed by atoms with Gasteiger partial charge in [0.1, 0.15) is 4.08 Å². The molecular weight excluding hydrogens is 316 g/mol. The summed E-state index contributed by atoms with van der Waals surface area (Å²) in [4.78, 5) is 0. The second-order valence-corrected chi connectivity index (χ2v) is 8.65. The lowest BCUT2D eigenvalue weighted by atomic mass is 9.94. The monoisotopic (exact) mass is 330 g/mol. The van der Waals surface area contributed by atoms with Crippen LogP contribution in [0.1, 0.15) is 11.1 Å². The summed E-state index contributed by atoms with van der Waals surface area (Å²) in [6.45, 7) is 0. The van der Waals surface area contributed by atoms with Gasteiger partial charge in [-0.2, -0.15) is 0 Å². The first kappa shape index (κ1) is 13.5. The first-order chi connectivity index (χ1) is 11.4. The highest BCUT2D eigenvalue weighted by molar-refractivity contribution is 8.93. The molecule has 1 heterocycles. The highest BCUT2D eigenvalue weighted by Crippen LogP contribution is 2.76. The maximum atomic E-state index is 2.29. The number of benzene rings is 4. The normalized spacial score (nSPS) is 15.8. The second-order valence-electron chi connectivity index (χ2n) is 5.84. The van der Waals surface area contributed by atoms with Gasteiger partial charge in [-0.1, -0.05) is 107 Å². The van der Waals surface area contributed by atoms with Crippen molar-refractivity contribution in [3.63, 3.8) is 0 Å². The third-order valence-corrected chi connectivity index (χ3v) is 7.42. The quantitative estimate of drug-likeness (QED) is 0.300. The molecule has 0 aromatic heterocycles. The summed E-state index contributed by atoms with van der Waals surface area (Å²) in [5, 5.41) is 5.36. The van der Waals surface area contributed by atoms with Crippen LogP contribution in [0.25, 0.3) is 21.5 Å². The van der Waals surface area contributed by atoms with Crippen LogP contribution in [0.2, 0.25) is 0 Å². The van der Waals surface area contributed by atoms with E-state index in [2.05, 4.69) is 84.9 Å². The lowest BCUT2D eigenvalue weighted by Gasteiger charge is -2.17. The fourth-order valence-electron chi connectivity index (χ4n) is 3.39. The van der Waals surface area contributed by atoms with Gasteiger partial charge in [-0.15, -0.1) is 0 Å². The molecule has 110 valence electrons. The van der Waals surface area contributed by atoms with E-state index in [9.17, 15) is 0 Å². The predicted octanol–water partition coefficient (Wildman–Crippen LogP) is 6.59. The van der Waals surface area contributed by atoms with Crippen LogP contribution in [-0.4, -0.2) is 0 Å². The fourth-order valence-corrected chi connectivity index (χ4v) is 5.87. The van der Waals surface area contributed by atoms with E-state index in [4.69, 9.17) is 0 Å². The lowest BCUT2D eigenvalue weighted by Crippen LogP contribution is -2.07. The summed E-state index contributed by atoms with van der Waals surface area (Å²) < 4.78 is 0.0295. The lowest BCUT2D eigenvalue weighted by molar-refractivity contribution is 1.15. The van der Waals surface area contributed by atoms with Gasteiger partial charge in [0.05, 0.1) is 0 Å². The van der Waals surface area contributed by atoms with E-state index in [1.165, 1.54) is 32.7 Å². The van der Waals surface area contributed by atoms with E-state index >= 15 is 0 Å². The van der Waals surface area contributed by atoms with Crippen molar-refractivity contribution in [2.75, 3.05) is 0 Å². The molecule has 1 fully saturated rings. The standard InChI is InChI=1S/C21H14S2/c1-3-11-17-15(7-1)9-5-13-19(17)21(22-23-21)20-14-6-10-16-8-2-4-12-18(16)20/h1-14H. The Morgan fingerprint density at radius 1 is 0.478 bits per heavy atom. The first-order valence-electron chi connectivity index (χ1n) is 7.72. The largest absolute Gasteiger partial charge is 0.133 e. The zero-order valence-corrected chi connectivity index (χ0v) is 14.0. The van der Waals surface area contributed by atoms with Crippen LogP contribution in [0.4, 0.5) is 0 Å². The third kappa shape index (κ3) is 2.02. The molecule has 4 aromatic carbocycles. The highest BCUT2D eigenvalue weighted by Gasteiger charge is 2.51. The SMILES string of the molecule is c1ccc2c(C3(c4cccc5ccccc45)SS3)cccc2c1. The second kappa shape index (κ2) is 5.05. The molecule has 0 aliphatic carbocycles. The maximum absolute atomic E-state index is 2.29.